The van der Waals surface area contributed by atoms with Crippen LogP contribution in [0.2, 0.25) is 0 Å². The van der Waals surface area contributed by atoms with Crippen LogP contribution < -0.4 is 5.32 Å². The van der Waals surface area contributed by atoms with Crippen LogP contribution in [0, 0.1) is 0 Å². The summed E-state index contributed by atoms with van der Waals surface area (Å²) in [5.74, 6) is -1.63. The molecular weight excluding hydrogens is 426 g/mol. The molecule has 0 aliphatic heterocycles. The molecule has 0 fully saturated rings. The first kappa shape index (κ1) is 21.7. The lowest BCUT2D eigenvalue weighted by Crippen LogP contribution is -2.44. The maximum Gasteiger partial charge on any atom is 0.407 e. The molecule has 1 amide bonds. The third-order valence-corrected chi connectivity index (χ3v) is 6.68. The van der Waals surface area contributed by atoms with Crippen molar-refractivity contribution in [2.75, 3.05) is 6.61 Å². The first-order valence-corrected chi connectivity index (χ1v) is 11.4. The van der Waals surface area contributed by atoms with Crippen LogP contribution in [0.15, 0.2) is 91.0 Å². The second-order valence-electron chi connectivity index (χ2n) is 8.68. The molecule has 0 radical (unpaired) electrons. The zero-order chi connectivity index (χ0) is 23.7. The fraction of sp³-hybridized carbons (Fsp3) is 0.172. The van der Waals surface area contributed by atoms with E-state index in [2.05, 4.69) is 17.4 Å². The number of carbonyl (C=O) groups excluding carboxylic acids is 1. The number of carboxylic acids is 1. The van der Waals surface area contributed by atoms with Gasteiger partial charge in [0.25, 0.3) is 0 Å². The van der Waals surface area contributed by atoms with E-state index in [9.17, 15) is 14.7 Å². The largest absolute Gasteiger partial charge is 0.480 e. The Hall–Kier alpha value is -4.12. The van der Waals surface area contributed by atoms with Crippen molar-refractivity contribution in [3.05, 3.63) is 108 Å². The zero-order valence-electron chi connectivity index (χ0n) is 18.8. The summed E-state index contributed by atoms with van der Waals surface area (Å²) < 4.78 is 5.56. The van der Waals surface area contributed by atoms with Crippen molar-refractivity contribution in [2.45, 2.75) is 24.8 Å². The molecule has 5 rings (SSSR count). The van der Waals surface area contributed by atoms with E-state index in [1.54, 1.807) is 6.92 Å². The summed E-state index contributed by atoms with van der Waals surface area (Å²) in [7, 11) is 0. The lowest BCUT2D eigenvalue weighted by molar-refractivity contribution is -0.139. The molecule has 4 aromatic rings. The van der Waals surface area contributed by atoms with Crippen molar-refractivity contribution in [2.24, 2.45) is 0 Å². The molecule has 1 aliphatic carbocycles. The van der Waals surface area contributed by atoms with Gasteiger partial charge in [0.05, 0.1) is 0 Å². The number of carbonyl (C=O) groups is 2. The Balaban J connectivity index is 1.30. The van der Waals surface area contributed by atoms with Gasteiger partial charge in [-0.1, -0.05) is 97.9 Å². The summed E-state index contributed by atoms with van der Waals surface area (Å²) >= 11 is 0. The second kappa shape index (κ2) is 9.02. The van der Waals surface area contributed by atoms with Crippen LogP contribution in [0.25, 0.3) is 21.9 Å². The number of aliphatic carboxylic acids is 1. The molecule has 0 heterocycles. The van der Waals surface area contributed by atoms with E-state index < -0.39 is 24.0 Å². The van der Waals surface area contributed by atoms with Crippen LogP contribution in [0.5, 0.6) is 0 Å². The molecule has 2 N–H and O–H groups in total. The molecule has 4 aromatic carbocycles. The maximum atomic E-state index is 12.7. The first-order valence-electron chi connectivity index (χ1n) is 11.4. The lowest BCUT2D eigenvalue weighted by atomic mass is 9.91. The molecule has 5 heteroatoms. The number of alkyl carbamates (subject to hydrolysis) is 1. The van der Waals surface area contributed by atoms with Crippen molar-refractivity contribution in [3.63, 3.8) is 0 Å². The van der Waals surface area contributed by atoms with Crippen molar-refractivity contribution >= 4 is 22.8 Å². The van der Waals surface area contributed by atoms with E-state index in [-0.39, 0.29) is 12.5 Å². The highest BCUT2D eigenvalue weighted by Crippen LogP contribution is 2.44. The van der Waals surface area contributed by atoms with Gasteiger partial charge in [-0.05, 0) is 38.6 Å². The summed E-state index contributed by atoms with van der Waals surface area (Å²) in [5, 5.41) is 14.5. The summed E-state index contributed by atoms with van der Waals surface area (Å²) in [4.78, 5) is 24.7. The van der Waals surface area contributed by atoms with Crippen LogP contribution in [-0.4, -0.2) is 29.8 Å². The number of nitrogens with one attached hydrogen (secondary N) is 1. The number of rotatable bonds is 6. The van der Waals surface area contributed by atoms with Gasteiger partial charge in [-0.25, -0.2) is 9.59 Å². The molecular formula is C29H25NO4. The predicted molar refractivity (Wildman–Crippen MR) is 132 cm³/mol. The lowest BCUT2D eigenvalue weighted by Gasteiger charge is -2.22. The standard InChI is InChI=1S/C29H25NO4/c1-18(20-15-14-19-8-2-3-9-21(19)16-20)27(28(31)32)30-29(33)34-17-26-24-12-6-4-10-22(24)23-11-5-7-13-25(23)26/h2-16,18,26-27H,17H2,1H3,(H,30,33)(H,31,32)/t18-,27+/m1/s1. The van der Waals surface area contributed by atoms with Crippen molar-refractivity contribution in [1.82, 2.24) is 5.32 Å². The average molecular weight is 452 g/mol. The van der Waals surface area contributed by atoms with Gasteiger partial charge in [-0.3, -0.25) is 0 Å². The first-order chi connectivity index (χ1) is 16.5. The van der Waals surface area contributed by atoms with Gasteiger partial charge < -0.3 is 15.2 Å². The summed E-state index contributed by atoms with van der Waals surface area (Å²) in [6.45, 7) is 1.93. The van der Waals surface area contributed by atoms with E-state index in [0.717, 1.165) is 38.6 Å². The molecule has 1 aliphatic rings. The Morgan fingerprint density at radius 2 is 1.44 bits per heavy atom. The van der Waals surface area contributed by atoms with Crippen LogP contribution in [0.3, 0.4) is 0 Å². The molecule has 170 valence electrons. The Bertz CT molecular complexity index is 1330. The molecule has 0 saturated carbocycles. The SMILES string of the molecule is C[C@H](c1ccc2ccccc2c1)[C@H](NC(=O)OCC1c2ccccc2-c2ccccc21)C(=O)O. The highest BCUT2D eigenvalue weighted by molar-refractivity contribution is 5.85. The normalized spacial score (nSPS) is 14.1. The highest BCUT2D eigenvalue weighted by Gasteiger charge is 2.31. The minimum Gasteiger partial charge on any atom is -0.480 e. The van der Waals surface area contributed by atoms with Crippen LogP contribution in [-0.2, 0) is 9.53 Å². The van der Waals surface area contributed by atoms with Crippen molar-refractivity contribution in [3.8, 4) is 11.1 Å². The third kappa shape index (κ3) is 4.01. The van der Waals surface area contributed by atoms with Gasteiger partial charge in [0, 0.05) is 11.8 Å². The summed E-state index contributed by atoms with van der Waals surface area (Å²) in [6.07, 6.45) is -0.734. The predicted octanol–water partition coefficient (Wildman–Crippen LogP) is 5.94. The Labute approximate surface area is 198 Å². The van der Waals surface area contributed by atoms with E-state index in [1.807, 2.05) is 78.9 Å². The van der Waals surface area contributed by atoms with E-state index >= 15 is 0 Å². The van der Waals surface area contributed by atoms with Gasteiger partial charge in [0.2, 0.25) is 0 Å². The van der Waals surface area contributed by atoms with E-state index in [4.69, 9.17) is 4.74 Å². The molecule has 5 nitrogen and oxygen atoms in total. The van der Waals surface area contributed by atoms with Crippen LogP contribution in [0.1, 0.15) is 35.4 Å². The molecule has 2 atom stereocenters. The van der Waals surface area contributed by atoms with Gasteiger partial charge in [-0.15, -0.1) is 0 Å². The van der Waals surface area contributed by atoms with E-state index in [0.29, 0.717) is 0 Å². The Morgan fingerprint density at radius 1 is 0.853 bits per heavy atom. The number of benzene rings is 4. The Kier molecular flexibility index (Phi) is 5.76. The molecule has 0 aromatic heterocycles. The fourth-order valence-corrected chi connectivity index (χ4v) is 4.85. The number of carboxylic acid groups (broad SMARTS) is 1. The van der Waals surface area contributed by atoms with Gasteiger partial charge >= 0.3 is 12.1 Å². The number of amides is 1. The van der Waals surface area contributed by atoms with Crippen LogP contribution in [0.4, 0.5) is 4.79 Å². The van der Waals surface area contributed by atoms with Crippen molar-refractivity contribution in [1.29, 1.82) is 0 Å². The molecule has 34 heavy (non-hydrogen) atoms. The van der Waals surface area contributed by atoms with Gasteiger partial charge in [0.15, 0.2) is 0 Å². The van der Waals surface area contributed by atoms with Gasteiger partial charge in [0.1, 0.15) is 12.6 Å². The fourth-order valence-electron chi connectivity index (χ4n) is 4.85. The summed E-state index contributed by atoms with van der Waals surface area (Å²) in [6, 6.07) is 28.8. The molecule has 0 saturated heterocycles. The topological polar surface area (TPSA) is 75.6 Å². The second-order valence-corrected chi connectivity index (χ2v) is 8.68. The maximum absolute atomic E-state index is 12.7. The summed E-state index contributed by atoms with van der Waals surface area (Å²) in [5.41, 5.74) is 5.33. The smallest absolute Gasteiger partial charge is 0.407 e. The van der Waals surface area contributed by atoms with Gasteiger partial charge in [-0.2, -0.15) is 0 Å². The molecule has 0 unspecified atom stereocenters. The number of hydrogen-bond acceptors (Lipinski definition) is 3. The minimum absolute atomic E-state index is 0.0839. The molecule has 0 bridgehead atoms. The quantitative estimate of drug-likeness (QED) is 0.381. The molecule has 0 spiro atoms. The average Bonchev–Trinajstić information content (AvgIpc) is 3.19. The van der Waals surface area contributed by atoms with Crippen molar-refractivity contribution < 1.29 is 19.4 Å². The number of ether oxygens (including phenoxy) is 1. The Morgan fingerprint density at radius 3 is 2.09 bits per heavy atom. The highest BCUT2D eigenvalue weighted by atomic mass is 16.5. The minimum atomic E-state index is -1.11. The van der Waals surface area contributed by atoms with E-state index in [1.165, 1.54) is 0 Å². The number of fused-ring (bicyclic) bond motifs is 4. The third-order valence-electron chi connectivity index (χ3n) is 6.68. The number of hydrogen-bond donors (Lipinski definition) is 2. The van der Waals surface area contributed by atoms with Crippen LogP contribution >= 0.6 is 0 Å². The monoisotopic (exact) mass is 451 g/mol. The zero-order valence-corrected chi connectivity index (χ0v) is 18.8.